The van der Waals surface area contributed by atoms with E-state index in [1.807, 2.05) is 81.4 Å². The van der Waals surface area contributed by atoms with Crippen molar-refractivity contribution in [2.24, 2.45) is 0 Å². The van der Waals surface area contributed by atoms with Crippen LogP contribution in [0.5, 0.6) is 0 Å². The number of aryl methyl sites for hydroxylation is 4. The molecular weight excluding hydrogens is 398 g/mol. The zero-order valence-corrected chi connectivity index (χ0v) is 18.6. The van der Waals surface area contributed by atoms with E-state index in [9.17, 15) is 9.59 Å². The van der Waals surface area contributed by atoms with Crippen LogP contribution in [0, 0.1) is 27.7 Å². The summed E-state index contributed by atoms with van der Waals surface area (Å²) in [6.07, 6.45) is 0. The van der Waals surface area contributed by atoms with E-state index in [0.29, 0.717) is 22.6 Å². The summed E-state index contributed by atoms with van der Waals surface area (Å²) in [5.74, 6) is 0.0446. The number of carbonyl (C=O) groups is 1. The van der Waals surface area contributed by atoms with Crippen LogP contribution in [0.2, 0.25) is 0 Å². The molecule has 4 rings (SSSR count). The second-order valence-corrected chi connectivity index (χ2v) is 8.07. The highest BCUT2D eigenvalue weighted by molar-refractivity contribution is 6.05. The third-order valence-corrected chi connectivity index (χ3v) is 5.42. The number of hydrogen-bond donors (Lipinski definition) is 1. The van der Waals surface area contributed by atoms with E-state index in [1.54, 1.807) is 23.7 Å². The lowest BCUT2D eigenvalue weighted by atomic mass is 10.0. The topological polar surface area (TPSA) is 64.0 Å². The van der Waals surface area contributed by atoms with Gasteiger partial charge < -0.3 is 5.32 Å². The maximum atomic E-state index is 13.2. The third-order valence-electron chi connectivity index (χ3n) is 5.42. The predicted molar refractivity (Wildman–Crippen MR) is 129 cm³/mol. The van der Waals surface area contributed by atoms with Crippen LogP contribution in [0.25, 0.3) is 16.8 Å². The van der Waals surface area contributed by atoms with Crippen molar-refractivity contribution in [1.82, 2.24) is 9.78 Å². The normalized spacial score (nSPS) is 10.8. The summed E-state index contributed by atoms with van der Waals surface area (Å²) in [6.45, 7) is 7.66. The molecule has 5 nitrogen and oxygen atoms in total. The van der Waals surface area contributed by atoms with Crippen LogP contribution in [-0.4, -0.2) is 15.7 Å². The molecule has 160 valence electrons. The van der Waals surface area contributed by atoms with Gasteiger partial charge in [-0.3, -0.25) is 9.59 Å². The Balaban J connectivity index is 1.94. The predicted octanol–water partition coefficient (Wildman–Crippen LogP) is 5.39. The number of benzene rings is 3. The highest BCUT2D eigenvalue weighted by Crippen LogP contribution is 2.28. The standard InChI is InChI=1S/C27H25N3O2/c1-17-5-11-21(12-6-17)24-25(31)20(4)29-30(23-15-9-19(3)10-16-23)26(24)28-27(32)22-13-7-18(2)8-14-22/h5-16H,1-4H3,(H,28,32). The van der Waals surface area contributed by atoms with Crippen LogP contribution in [0.15, 0.2) is 77.6 Å². The van der Waals surface area contributed by atoms with E-state index in [0.717, 1.165) is 27.9 Å². The summed E-state index contributed by atoms with van der Waals surface area (Å²) in [7, 11) is 0. The first-order valence-electron chi connectivity index (χ1n) is 10.5. The van der Waals surface area contributed by atoms with Crippen molar-refractivity contribution < 1.29 is 4.79 Å². The van der Waals surface area contributed by atoms with Crippen molar-refractivity contribution in [3.8, 4) is 16.8 Å². The lowest BCUT2D eigenvalue weighted by Gasteiger charge is -2.18. The Bertz CT molecular complexity index is 1330. The summed E-state index contributed by atoms with van der Waals surface area (Å²) in [6, 6.07) is 22.8. The Morgan fingerprint density at radius 3 is 1.81 bits per heavy atom. The van der Waals surface area contributed by atoms with E-state index in [1.165, 1.54) is 0 Å². The van der Waals surface area contributed by atoms with E-state index in [2.05, 4.69) is 10.4 Å². The monoisotopic (exact) mass is 423 g/mol. The second kappa shape index (κ2) is 8.63. The van der Waals surface area contributed by atoms with Gasteiger partial charge in [-0.1, -0.05) is 65.2 Å². The van der Waals surface area contributed by atoms with Gasteiger partial charge in [-0.05, 0) is 57.5 Å². The second-order valence-electron chi connectivity index (χ2n) is 8.07. The number of aromatic nitrogens is 2. The van der Waals surface area contributed by atoms with Crippen molar-refractivity contribution in [2.45, 2.75) is 27.7 Å². The number of amides is 1. The summed E-state index contributed by atoms with van der Waals surface area (Å²) in [5.41, 5.74) is 5.81. The van der Waals surface area contributed by atoms with Gasteiger partial charge >= 0.3 is 0 Å². The third kappa shape index (κ3) is 4.23. The lowest BCUT2D eigenvalue weighted by molar-refractivity contribution is 0.102. The van der Waals surface area contributed by atoms with Gasteiger partial charge in [0.15, 0.2) is 0 Å². The Hall–Kier alpha value is -3.99. The molecule has 0 bridgehead atoms. The molecule has 0 saturated carbocycles. The van der Waals surface area contributed by atoms with Gasteiger partial charge in [0.2, 0.25) is 5.43 Å². The molecule has 1 aromatic heterocycles. The zero-order valence-electron chi connectivity index (χ0n) is 18.6. The highest BCUT2D eigenvalue weighted by Gasteiger charge is 2.21. The highest BCUT2D eigenvalue weighted by atomic mass is 16.2. The van der Waals surface area contributed by atoms with Gasteiger partial charge in [-0.15, -0.1) is 0 Å². The molecule has 0 fully saturated rings. The lowest BCUT2D eigenvalue weighted by Crippen LogP contribution is -2.25. The molecule has 0 aliphatic carbocycles. The molecule has 0 saturated heterocycles. The first-order valence-corrected chi connectivity index (χ1v) is 10.5. The quantitative estimate of drug-likeness (QED) is 0.479. The summed E-state index contributed by atoms with van der Waals surface area (Å²) >= 11 is 0. The molecule has 0 spiro atoms. The Morgan fingerprint density at radius 1 is 0.750 bits per heavy atom. The molecular formula is C27H25N3O2. The molecule has 0 radical (unpaired) electrons. The van der Waals surface area contributed by atoms with Crippen LogP contribution in [0.4, 0.5) is 5.82 Å². The number of nitrogens with one attached hydrogen (secondary N) is 1. The van der Waals surface area contributed by atoms with Crippen molar-refractivity contribution in [3.63, 3.8) is 0 Å². The van der Waals surface area contributed by atoms with Gasteiger partial charge in [-0.25, -0.2) is 4.68 Å². The first-order chi connectivity index (χ1) is 15.3. The minimum Gasteiger partial charge on any atom is -0.306 e. The number of hydrogen-bond acceptors (Lipinski definition) is 3. The molecule has 5 heteroatoms. The molecule has 0 unspecified atom stereocenters. The van der Waals surface area contributed by atoms with Crippen molar-refractivity contribution in [2.75, 3.05) is 5.32 Å². The van der Waals surface area contributed by atoms with Gasteiger partial charge in [0.05, 0.1) is 11.3 Å². The van der Waals surface area contributed by atoms with Crippen molar-refractivity contribution in [1.29, 1.82) is 0 Å². The molecule has 4 aromatic rings. The molecule has 1 amide bonds. The van der Waals surface area contributed by atoms with E-state index >= 15 is 0 Å². The zero-order chi connectivity index (χ0) is 22.8. The average Bonchev–Trinajstić information content (AvgIpc) is 2.78. The van der Waals surface area contributed by atoms with E-state index in [4.69, 9.17) is 0 Å². The maximum absolute atomic E-state index is 13.2. The van der Waals surface area contributed by atoms with Gasteiger partial charge in [0.25, 0.3) is 5.91 Å². The fourth-order valence-corrected chi connectivity index (χ4v) is 3.50. The van der Waals surface area contributed by atoms with Crippen molar-refractivity contribution in [3.05, 3.63) is 111 Å². The Labute approximate surface area is 187 Å². The summed E-state index contributed by atoms with van der Waals surface area (Å²) in [4.78, 5) is 26.4. The molecule has 3 aromatic carbocycles. The van der Waals surface area contributed by atoms with Crippen LogP contribution in [0.3, 0.4) is 0 Å². The first kappa shape index (κ1) is 21.2. The molecule has 0 aliphatic rings. The number of rotatable bonds is 4. The molecule has 1 heterocycles. The molecule has 1 N–H and O–H groups in total. The SMILES string of the molecule is Cc1ccc(C(=O)Nc2c(-c3ccc(C)cc3)c(=O)c(C)nn2-c2ccc(C)cc2)cc1. The van der Waals surface area contributed by atoms with Crippen LogP contribution >= 0.6 is 0 Å². The number of nitrogens with zero attached hydrogens (tertiary/aromatic N) is 2. The van der Waals surface area contributed by atoms with Gasteiger partial charge in [0.1, 0.15) is 11.5 Å². The minimum absolute atomic E-state index is 0.212. The Kier molecular flexibility index (Phi) is 5.73. The molecule has 0 aliphatic heterocycles. The number of anilines is 1. The number of carbonyl (C=O) groups excluding carboxylic acids is 1. The van der Waals surface area contributed by atoms with E-state index in [-0.39, 0.29) is 11.3 Å². The van der Waals surface area contributed by atoms with E-state index < -0.39 is 0 Å². The van der Waals surface area contributed by atoms with Gasteiger partial charge in [-0.2, -0.15) is 5.10 Å². The fourth-order valence-electron chi connectivity index (χ4n) is 3.50. The Morgan fingerprint density at radius 2 is 1.25 bits per heavy atom. The smallest absolute Gasteiger partial charge is 0.256 e. The summed E-state index contributed by atoms with van der Waals surface area (Å²) < 4.78 is 1.64. The van der Waals surface area contributed by atoms with Crippen molar-refractivity contribution >= 4 is 11.7 Å². The average molecular weight is 424 g/mol. The largest absolute Gasteiger partial charge is 0.306 e. The fraction of sp³-hybridized carbons (Fsp3) is 0.148. The minimum atomic E-state index is -0.302. The summed E-state index contributed by atoms with van der Waals surface area (Å²) in [5, 5.41) is 7.50. The molecule has 0 atom stereocenters. The van der Waals surface area contributed by atoms with Gasteiger partial charge in [0, 0.05) is 5.56 Å². The maximum Gasteiger partial charge on any atom is 0.256 e. The van der Waals surface area contributed by atoms with Crippen LogP contribution in [-0.2, 0) is 0 Å². The molecule has 32 heavy (non-hydrogen) atoms. The van der Waals surface area contributed by atoms with Crippen LogP contribution < -0.4 is 10.7 Å². The van der Waals surface area contributed by atoms with Crippen LogP contribution in [0.1, 0.15) is 32.7 Å².